The van der Waals surface area contributed by atoms with Gasteiger partial charge in [-0.05, 0) is 48.2 Å². The highest BCUT2D eigenvalue weighted by Crippen LogP contribution is 2.25. The molecule has 2 rings (SSSR count). The second-order valence-electron chi connectivity index (χ2n) is 5.31. The summed E-state index contributed by atoms with van der Waals surface area (Å²) in [6.45, 7) is 4.71. The molecule has 1 N–H and O–H groups in total. The molecule has 0 aromatic carbocycles. The van der Waals surface area contributed by atoms with E-state index in [9.17, 15) is 4.79 Å². The van der Waals surface area contributed by atoms with Gasteiger partial charge in [-0.15, -0.1) is 0 Å². The van der Waals surface area contributed by atoms with E-state index in [-0.39, 0.29) is 12.3 Å². The molecule has 106 valence electrons. The van der Waals surface area contributed by atoms with Gasteiger partial charge in [-0.3, -0.25) is 14.4 Å². The van der Waals surface area contributed by atoms with Crippen molar-refractivity contribution in [3.05, 3.63) is 15.9 Å². The number of piperidine rings is 1. The molecule has 0 saturated carbocycles. The summed E-state index contributed by atoms with van der Waals surface area (Å²) in [5, 5.41) is 13.3. The summed E-state index contributed by atoms with van der Waals surface area (Å²) in [6, 6.07) is 0. The van der Waals surface area contributed by atoms with Gasteiger partial charge in [0.1, 0.15) is 0 Å². The number of aromatic nitrogens is 2. The summed E-state index contributed by atoms with van der Waals surface area (Å²) in [6.07, 6.45) is 2.38. The molecule has 0 aliphatic carbocycles. The first-order chi connectivity index (χ1) is 8.97. The van der Waals surface area contributed by atoms with E-state index in [0.717, 1.165) is 48.3 Å². The Labute approximate surface area is 121 Å². The van der Waals surface area contributed by atoms with Gasteiger partial charge in [-0.1, -0.05) is 0 Å². The van der Waals surface area contributed by atoms with Crippen LogP contribution in [0.3, 0.4) is 0 Å². The molecule has 1 aromatic rings. The summed E-state index contributed by atoms with van der Waals surface area (Å²) >= 11 is 3.58. The third-order valence-electron chi connectivity index (χ3n) is 3.70. The molecule has 1 unspecified atom stereocenters. The summed E-state index contributed by atoms with van der Waals surface area (Å²) in [5.41, 5.74) is 2.16. The van der Waals surface area contributed by atoms with Crippen molar-refractivity contribution in [1.82, 2.24) is 14.7 Å². The highest BCUT2D eigenvalue weighted by Gasteiger charge is 2.23. The van der Waals surface area contributed by atoms with Gasteiger partial charge in [0.2, 0.25) is 0 Å². The Kier molecular flexibility index (Phi) is 4.62. The minimum atomic E-state index is -0.690. The van der Waals surface area contributed by atoms with Crippen LogP contribution in [0.25, 0.3) is 0 Å². The largest absolute Gasteiger partial charge is 0.481 e. The second-order valence-corrected chi connectivity index (χ2v) is 6.10. The van der Waals surface area contributed by atoms with Crippen LogP contribution in [0.1, 0.15) is 30.7 Å². The number of carboxylic acids is 1. The molecule has 6 heteroatoms. The molecule has 0 spiro atoms. The van der Waals surface area contributed by atoms with Gasteiger partial charge < -0.3 is 5.11 Å². The summed E-state index contributed by atoms with van der Waals surface area (Å²) < 4.78 is 2.97. The number of nitrogens with zero attached hydrogens (tertiary/aromatic N) is 3. The first kappa shape index (κ1) is 14.5. The van der Waals surface area contributed by atoms with Gasteiger partial charge in [0.05, 0.1) is 15.9 Å². The maximum atomic E-state index is 10.8. The lowest BCUT2D eigenvalue weighted by Gasteiger charge is -2.32. The van der Waals surface area contributed by atoms with Crippen molar-refractivity contribution in [2.75, 3.05) is 13.1 Å². The average Bonchev–Trinajstić information content (AvgIpc) is 2.56. The average molecular weight is 330 g/mol. The van der Waals surface area contributed by atoms with Gasteiger partial charge in [0.25, 0.3) is 0 Å². The van der Waals surface area contributed by atoms with Crippen LogP contribution in [-0.2, 0) is 18.4 Å². The normalized spacial score (nSPS) is 20.7. The molecular formula is C13H20BrN3O2. The third kappa shape index (κ3) is 3.57. The maximum Gasteiger partial charge on any atom is 0.303 e. The zero-order valence-corrected chi connectivity index (χ0v) is 13.0. The van der Waals surface area contributed by atoms with Crippen LogP contribution in [-0.4, -0.2) is 38.8 Å². The van der Waals surface area contributed by atoms with E-state index in [1.165, 1.54) is 0 Å². The highest BCUT2D eigenvalue weighted by molar-refractivity contribution is 9.10. The number of rotatable bonds is 4. The second kappa shape index (κ2) is 6.05. The van der Waals surface area contributed by atoms with Crippen molar-refractivity contribution in [3.8, 4) is 0 Å². The number of hydrogen-bond acceptors (Lipinski definition) is 3. The minimum Gasteiger partial charge on any atom is -0.481 e. The van der Waals surface area contributed by atoms with Gasteiger partial charge in [0.15, 0.2) is 0 Å². The lowest BCUT2D eigenvalue weighted by Crippen LogP contribution is -2.36. The third-order valence-corrected chi connectivity index (χ3v) is 4.73. The van der Waals surface area contributed by atoms with Crippen LogP contribution in [0.4, 0.5) is 0 Å². The van der Waals surface area contributed by atoms with Gasteiger partial charge in [-0.25, -0.2) is 0 Å². The van der Waals surface area contributed by atoms with Crippen LogP contribution in [0, 0.1) is 12.8 Å². The molecule has 0 radical (unpaired) electrons. The topological polar surface area (TPSA) is 58.4 Å². The SMILES string of the molecule is Cc1nn(C)c(CN2CCCC(CC(=O)O)C2)c1Br. The van der Waals surface area contributed by atoms with Crippen molar-refractivity contribution < 1.29 is 9.90 Å². The van der Waals surface area contributed by atoms with E-state index in [2.05, 4.69) is 25.9 Å². The molecule has 1 aliphatic heterocycles. The van der Waals surface area contributed by atoms with Crippen LogP contribution in [0.5, 0.6) is 0 Å². The highest BCUT2D eigenvalue weighted by atomic mass is 79.9. The Balaban J connectivity index is 2.00. The Morgan fingerprint density at radius 2 is 2.32 bits per heavy atom. The maximum absolute atomic E-state index is 10.8. The molecule has 1 atom stereocenters. The van der Waals surface area contributed by atoms with E-state index in [1.807, 2.05) is 18.7 Å². The monoisotopic (exact) mass is 329 g/mol. The first-order valence-corrected chi connectivity index (χ1v) is 7.38. The minimum absolute atomic E-state index is 0.277. The summed E-state index contributed by atoms with van der Waals surface area (Å²) in [4.78, 5) is 13.1. The number of aliphatic carboxylic acids is 1. The molecular weight excluding hydrogens is 310 g/mol. The van der Waals surface area contributed by atoms with Crippen LogP contribution >= 0.6 is 15.9 Å². The van der Waals surface area contributed by atoms with Crippen molar-refractivity contribution in [2.45, 2.75) is 32.7 Å². The number of hydrogen-bond donors (Lipinski definition) is 1. The summed E-state index contributed by atoms with van der Waals surface area (Å²) in [7, 11) is 1.95. The predicted octanol–water partition coefficient (Wildman–Crippen LogP) is 2.18. The fraction of sp³-hybridized carbons (Fsp3) is 0.692. The number of carbonyl (C=O) groups is 1. The number of carboxylic acid groups (broad SMARTS) is 1. The van der Waals surface area contributed by atoms with E-state index >= 15 is 0 Å². The van der Waals surface area contributed by atoms with Crippen LogP contribution in [0.15, 0.2) is 4.47 Å². The fourth-order valence-corrected chi connectivity index (χ4v) is 3.23. The Morgan fingerprint density at radius 1 is 1.58 bits per heavy atom. The van der Waals surface area contributed by atoms with Gasteiger partial charge in [-0.2, -0.15) is 5.10 Å². The van der Waals surface area contributed by atoms with Crippen LogP contribution < -0.4 is 0 Å². The molecule has 1 aromatic heterocycles. The van der Waals surface area contributed by atoms with Crippen molar-refractivity contribution in [3.63, 3.8) is 0 Å². The standard InChI is InChI=1S/C13H20BrN3O2/c1-9-13(14)11(16(2)15-9)8-17-5-3-4-10(7-17)6-12(18)19/h10H,3-8H2,1-2H3,(H,18,19). The molecule has 1 aliphatic rings. The number of likely N-dealkylation sites (tertiary alicyclic amines) is 1. The predicted molar refractivity (Wildman–Crippen MR) is 75.9 cm³/mol. The molecule has 1 fully saturated rings. The van der Waals surface area contributed by atoms with Crippen molar-refractivity contribution in [1.29, 1.82) is 0 Å². The fourth-order valence-electron chi connectivity index (χ4n) is 2.77. The Morgan fingerprint density at radius 3 is 2.89 bits per heavy atom. The van der Waals surface area contributed by atoms with Gasteiger partial charge >= 0.3 is 5.97 Å². The van der Waals surface area contributed by atoms with E-state index in [4.69, 9.17) is 5.11 Å². The first-order valence-electron chi connectivity index (χ1n) is 6.59. The Bertz CT molecular complexity index is 473. The van der Waals surface area contributed by atoms with E-state index < -0.39 is 5.97 Å². The molecule has 5 nitrogen and oxygen atoms in total. The van der Waals surface area contributed by atoms with Crippen LogP contribution in [0.2, 0.25) is 0 Å². The molecule has 19 heavy (non-hydrogen) atoms. The zero-order valence-electron chi connectivity index (χ0n) is 11.4. The smallest absolute Gasteiger partial charge is 0.303 e. The lowest BCUT2D eigenvalue weighted by molar-refractivity contribution is -0.138. The summed E-state index contributed by atoms with van der Waals surface area (Å²) in [5.74, 6) is -0.413. The van der Waals surface area contributed by atoms with Crippen molar-refractivity contribution >= 4 is 21.9 Å². The quantitative estimate of drug-likeness (QED) is 0.919. The van der Waals surface area contributed by atoms with Gasteiger partial charge in [0, 0.05) is 26.6 Å². The molecule has 0 amide bonds. The van der Waals surface area contributed by atoms with E-state index in [1.54, 1.807) is 0 Å². The molecule has 0 bridgehead atoms. The lowest BCUT2D eigenvalue weighted by atomic mass is 9.95. The van der Waals surface area contributed by atoms with E-state index in [0.29, 0.717) is 0 Å². The number of halogens is 1. The molecule has 2 heterocycles. The number of aryl methyl sites for hydroxylation is 2. The van der Waals surface area contributed by atoms with Crippen molar-refractivity contribution in [2.24, 2.45) is 13.0 Å². The zero-order chi connectivity index (χ0) is 14.0. The molecule has 1 saturated heterocycles. The Hall–Kier alpha value is -0.880.